The van der Waals surface area contributed by atoms with E-state index in [0.717, 1.165) is 19.3 Å². The van der Waals surface area contributed by atoms with Gasteiger partial charge in [0.05, 0.1) is 12.4 Å². The Bertz CT molecular complexity index is 660. The summed E-state index contributed by atoms with van der Waals surface area (Å²) in [6.45, 7) is 1.66. The lowest BCUT2D eigenvalue weighted by Gasteiger charge is -2.30. The molecule has 1 aliphatic heterocycles. The van der Waals surface area contributed by atoms with Gasteiger partial charge in [-0.3, -0.25) is 9.36 Å². The Kier molecular flexibility index (Phi) is 4.03. The number of carbonyl (C=O) groups excluding carboxylic acids is 1. The molecule has 3 heterocycles. The Labute approximate surface area is 126 Å². The highest BCUT2D eigenvalue weighted by atomic mass is 35.5. The summed E-state index contributed by atoms with van der Waals surface area (Å²) in [4.78, 5) is 23.2. The first-order valence-corrected chi connectivity index (χ1v) is 7.15. The van der Waals surface area contributed by atoms with E-state index in [4.69, 9.17) is 21.1 Å². The van der Waals surface area contributed by atoms with Gasteiger partial charge in [0.25, 0.3) is 0 Å². The summed E-state index contributed by atoms with van der Waals surface area (Å²) >= 11 is 6.00. The number of nitrogens with zero attached hydrogens (tertiary/aromatic N) is 4. The summed E-state index contributed by atoms with van der Waals surface area (Å²) in [6, 6.07) is 0. The molecule has 2 aromatic heterocycles. The van der Waals surface area contributed by atoms with Gasteiger partial charge in [0.2, 0.25) is 0 Å². The van der Waals surface area contributed by atoms with Crippen molar-refractivity contribution in [1.82, 2.24) is 19.5 Å². The second-order valence-electron chi connectivity index (χ2n) is 4.93. The van der Waals surface area contributed by atoms with Crippen LogP contribution in [0.4, 0.5) is 0 Å². The van der Waals surface area contributed by atoms with Gasteiger partial charge in [-0.25, -0.2) is 15.0 Å². The van der Waals surface area contributed by atoms with Gasteiger partial charge in [-0.2, -0.15) is 0 Å². The summed E-state index contributed by atoms with van der Waals surface area (Å²) in [5.74, 6) is -0.298. The van der Waals surface area contributed by atoms with Crippen molar-refractivity contribution in [3.05, 3.63) is 17.8 Å². The van der Waals surface area contributed by atoms with Gasteiger partial charge in [-0.15, -0.1) is 0 Å². The molecule has 21 heavy (non-hydrogen) atoms. The summed E-state index contributed by atoms with van der Waals surface area (Å²) in [5, 5.41) is 0.325. The molecular formula is C13H15ClN4O3. The largest absolute Gasteiger partial charge is 0.463 e. The molecule has 0 saturated carbocycles. The van der Waals surface area contributed by atoms with Crippen LogP contribution in [0.25, 0.3) is 11.2 Å². The van der Waals surface area contributed by atoms with Crippen LogP contribution in [0.1, 0.15) is 32.4 Å². The predicted molar refractivity (Wildman–Crippen MR) is 74.7 cm³/mol. The lowest BCUT2D eigenvalue weighted by Crippen LogP contribution is -2.30. The van der Waals surface area contributed by atoms with Gasteiger partial charge < -0.3 is 9.47 Å². The van der Waals surface area contributed by atoms with Crippen molar-refractivity contribution in [3.8, 4) is 0 Å². The van der Waals surface area contributed by atoms with E-state index in [-0.39, 0.29) is 24.9 Å². The van der Waals surface area contributed by atoms with Crippen LogP contribution in [-0.2, 0) is 14.3 Å². The van der Waals surface area contributed by atoms with E-state index >= 15 is 0 Å². The van der Waals surface area contributed by atoms with Crippen LogP contribution in [0.2, 0.25) is 5.15 Å². The smallest absolute Gasteiger partial charge is 0.302 e. The van der Waals surface area contributed by atoms with Crippen LogP contribution in [-0.4, -0.2) is 38.2 Å². The number of esters is 1. The number of fused-ring (bicyclic) bond motifs is 1. The second kappa shape index (κ2) is 5.95. The molecule has 0 aliphatic carbocycles. The Balaban J connectivity index is 1.79. The number of ether oxygens (including phenoxy) is 2. The molecular weight excluding hydrogens is 296 g/mol. The van der Waals surface area contributed by atoms with Gasteiger partial charge in [-0.05, 0) is 19.3 Å². The van der Waals surface area contributed by atoms with E-state index in [9.17, 15) is 4.79 Å². The minimum absolute atomic E-state index is 0.109. The predicted octanol–water partition coefficient (Wildman–Crippen LogP) is 2.11. The lowest BCUT2D eigenvalue weighted by molar-refractivity contribution is -0.153. The number of hydrogen-bond acceptors (Lipinski definition) is 6. The molecule has 1 aliphatic rings. The maximum Gasteiger partial charge on any atom is 0.302 e. The average molecular weight is 311 g/mol. The topological polar surface area (TPSA) is 79.1 Å². The van der Waals surface area contributed by atoms with Crippen molar-refractivity contribution in [1.29, 1.82) is 0 Å². The molecule has 1 fully saturated rings. The van der Waals surface area contributed by atoms with Crippen LogP contribution >= 0.6 is 11.6 Å². The maximum atomic E-state index is 10.9. The maximum absolute atomic E-state index is 10.9. The number of rotatable bonds is 3. The first kappa shape index (κ1) is 14.2. The van der Waals surface area contributed by atoms with Crippen LogP contribution in [0.15, 0.2) is 12.7 Å². The Morgan fingerprint density at radius 3 is 3.14 bits per heavy atom. The fourth-order valence-electron chi connectivity index (χ4n) is 2.45. The van der Waals surface area contributed by atoms with Crippen LogP contribution < -0.4 is 0 Å². The third kappa shape index (κ3) is 2.98. The van der Waals surface area contributed by atoms with Crippen molar-refractivity contribution < 1.29 is 14.3 Å². The Morgan fingerprint density at radius 2 is 2.33 bits per heavy atom. The fraction of sp³-hybridized carbons (Fsp3) is 0.538. The highest BCUT2D eigenvalue weighted by Crippen LogP contribution is 2.30. The number of hydrogen-bond donors (Lipinski definition) is 0. The van der Waals surface area contributed by atoms with Gasteiger partial charge in [0.15, 0.2) is 10.8 Å². The normalized spacial score (nSPS) is 22.4. The first-order valence-electron chi connectivity index (χ1n) is 6.77. The molecule has 3 rings (SSSR count). The van der Waals surface area contributed by atoms with Gasteiger partial charge >= 0.3 is 5.97 Å². The number of aromatic nitrogens is 4. The number of imidazole rings is 1. The molecule has 0 unspecified atom stereocenters. The highest BCUT2D eigenvalue weighted by Gasteiger charge is 2.26. The van der Waals surface area contributed by atoms with Crippen molar-refractivity contribution >= 4 is 28.7 Å². The molecule has 0 N–H and O–H groups in total. The van der Waals surface area contributed by atoms with Gasteiger partial charge in [-0.1, -0.05) is 11.6 Å². The third-order valence-corrected chi connectivity index (χ3v) is 3.70. The number of halogens is 1. The molecule has 2 aromatic rings. The lowest BCUT2D eigenvalue weighted by atomic mass is 10.1. The SMILES string of the molecule is CC(=O)OC[C@H]1CCC[C@@H](n2cnc3c(Cl)ncnc32)O1. The average Bonchev–Trinajstić information content (AvgIpc) is 2.91. The molecule has 0 amide bonds. The number of carbonyl (C=O) groups is 1. The molecule has 0 radical (unpaired) electrons. The monoisotopic (exact) mass is 310 g/mol. The molecule has 0 aromatic carbocycles. The van der Waals surface area contributed by atoms with Crippen molar-refractivity contribution in [3.63, 3.8) is 0 Å². The molecule has 2 atom stereocenters. The van der Waals surface area contributed by atoms with Crippen LogP contribution in [0, 0.1) is 0 Å². The van der Waals surface area contributed by atoms with Crippen LogP contribution in [0.3, 0.4) is 0 Å². The van der Waals surface area contributed by atoms with E-state index in [1.165, 1.54) is 13.3 Å². The molecule has 0 bridgehead atoms. The quantitative estimate of drug-likeness (QED) is 0.638. The molecule has 0 spiro atoms. The minimum atomic E-state index is -0.298. The van der Waals surface area contributed by atoms with Crippen molar-refractivity contribution in [2.45, 2.75) is 38.5 Å². The second-order valence-corrected chi connectivity index (χ2v) is 5.29. The van der Waals surface area contributed by atoms with E-state index in [1.54, 1.807) is 6.33 Å². The zero-order valence-electron chi connectivity index (χ0n) is 11.5. The minimum Gasteiger partial charge on any atom is -0.463 e. The van der Waals surface area contributed by atoms with E-state index in [0.29, 0.717) is 16.3 Å². The van der Waals surface area contributed by atoms with Crippen molar-refractivity contribution in [2.24, 2.45) is 0 Å². The molecule has 112 valence electrons. The van der Waals surface area contributed by atoms with Crippen LogP contribution in [0.5, 0.6) is 0 Å². The fourth-order valence-corrected chi connectivity index (χ4v) is 2.63. The van der Waals surface area contributed by atoms with Crippen molar-refractivity contribution in [2.75, 3.05) is 6.61 Å². The Hall–Kier alpha value is -1.73. The molecule has 1 saturated heterocycles. The zero-order chi connectivity index (χ0) is 14.8. The third-order valence-electron chi connectivity index (χ3n) is 3.42. The summed E-state index contributed by atoms with van der Waals surface area (Å²) in [5.41, 5.74) is 1.21. The Morgan fingerprint density at radius 1 is 1.48 bits per heavy atom. The van der Waals surface area contributed by atoms with Gasteiger partial charge in [0.1, 0.15) is 24.7 Å². The van der Waals surface area contributed by atoms with E-state index in [2.05, 4.69) is 15.0 Å². The van der Waals surface area contributed by atoms with E-state index < -0.39 is 0 Å². The first-order chi connectivity index (χ1) is 10.1. The molecule has 7 nitrogen and oxygen atoms in total. The van der Waals surface area contributed by atoms with E-state index in [1.807, 2.05) is 4.57 Å². The summed E-state index contributed by atoms with van der Waals surface area (Å²) in [6.07, 6.45) is 5.47. The highest BCUT2D eigenvalue weighted by molar-refractivity contribution is 6.33. The molecule has 8 heteroatoms. The van der Waals surface area contributed by atoms with Gasteiger partial charge in [0, 0.05) is 6.92 Å². The zero-order valence-corrected chi connectivity index (χ0v) is 12.3. The summed E-state index contributed by atoms with van der Waals surface area (Å²) in [7, 11) is 0. The standard InChI is InChI=1S/C13H15ClN4O3/c1-8(19)20-5-9-3-2-4-10(21-9)18-7-17-11-12(14)15-6-16-13(11)18/h6-7,9-10H,2-5H2,1H3/t9-,10+/m1/s1. The summed E-state index contributed by atoms with van der Waals surface area (Å²) < 4.78 is 12.8.